The fraction of sp³-hybridized carbons (Fsp3) is 0.118. The number of benzene rings is 2. The van der Waals surface area contributed by atoms with Gasteiger partial charge in [0.05, 0.1) is 24.1 Å². The van der Waals surface area contributed by atoms with Crippen molar-refractivity contribution in [2.75, 3.05) is 7.11 Å². The second-order valence-corrected chi connectivity index (χ2v) is 7.16. The zero-order valence-electron chi connectivity index (χ0n) is 14.1. The van der Waals surface area contributed by atoms with E-state index in [2.05, 4.69) is 14.9 Å². The van der Waals surface area contributed by atoms with Crippen LogP contribution in [-0.2, 0) is 16.6 Å². The average molecular weight is 389 g/mol. The van der Waals surface area contributed by atoms with E-state index in [0.29, 0.717) is 11.3 Å². The molecule has 9 nitrogen and oxygen atoms in total. The standard InChI is InChI=1S/C17H15N3O6S/c1-25-13-6-2-4-11(8-13)16-20-19-15(26-16)10-18-27(23,24)14-7-3-5-12(9-14)17(21)22/h2-9,18H,10H2,1H3,(H,21,22). The van der Waals surface area contributed by atoms with E-state index in [1.165, 1.54) is 25.3 Å². The molecule has 0 fully saturated rings. The first-order valence-electron chi connectivity index (χ1n) is 7.69. The Labute approximate surface area is 154 Å². The summed E-state index contributed by atoms with van der Waals surface area (Å²) in [4.78, 5) is 10.8. The number of aromatic carboxylic acids is 1. The van der Waals surface area contributed by atoms with Crippen molar-refractivity contribution in [1.82, 2.24) is 14.9 Å². The van der Waals surface area contributed by atoms with Gasteiger partial charge in [-0.3, -0.25) is 0 Å². The third kappa shape index (κ3) is 4.30. The molecule has 0 saturated carbocycles. The van der Waals surface area contributed by atoms with E-state index in [1.54, 1.807) is 24.3 Å². The van der Waals surface area contributed by atoms with Gasteiger partial charge in [0.25, 0.3) is 0 Å². The van der Waals surface area contributed by atoms with Crippen LogP contribution in [0.3, 0.4) is 0 Å². The molecule has 0 saturated heterocycles. The molecular weight excluding hydrogens is 374 g/mol. The quantitative estimate of drug-likeness (QED) is 0.626. The highest BCUT2D eigenvalue weighted by atomic mass is 32.2. The molecule has 27 heavy (non-hydrogen) atoms. The molecular formula is C17H15N3O6S. The van der Waals surface area contributed by atoms with Crippen LogP contribution in [0.4, 0.5) is 0 Å². The molecule has 1 aromatic heterocycles. The molecule has 0 aliphatic heterocycles. The Kier molecular flexibility index (Phi) is 5.19. The first-order chi connectivity index (χ1) is 12.9. The van der Waals surface area contributed by atoms with Gasteiger partial charge in [-0.2, -0.15) is 0 Å². The molecule has 0 unspecified atom stereocenters. The minimum absolute atomic E-state index is 0.0609. The van der Waals surface area contributed by atoms with Crippen LogP contribution in [0.1, 0.15) is 16.2 Å². The van der Waals surface area contributed by atoms with Crippen molar-refractivity contribution < 1.29 is 27.5 Å². The largest absolute Gasteiger partial charge is 0.497 e. The van der Waals surface area contributed by atoms with Gasteiger partial charge >= 0.3 is 5.97 Å². The number of carboxylic acids is 1. The number of methoxy groups -OCH3 is 1. The molecule has 0 amide bonds. The fourth-order valence-electron chi connectivity index (χ4n) is 2.23. The van der Waals surface area contributed by atoms with Gasteiger partial charge in [-0.05, 0) is 36.4 Å². The summed E-state index contributed by atoms with van der Waals surface area (Å²) in [5.41, 5.74) is 0.501. The van der Waals surface area contributed by atoms with Crippen LogP contribution in [-0.4, -0.2) is 36.8 Å². The van der Waals surface area contributed by atoms with Crippen molar-refractivity contribution in [2.45, 2.75) is 11.4 Å². The fourth-order valence-corrected chi connectivity index (χ4v) is 3.25. The lowest BCUT2D eigenvalue weighted by molar-refractivity contribution is 0.0696. The molecule has 2 aromatic carbocycles. The number of sulfonamides is 1. The minimum atomic E-state index is -3.94. The van der Waals surface area contributed by atoms with Crippen LogP contribution in [0.5, 0.6) is 5.75 Å². The SMILES string of the molecule is COc1cccc(-c2nnc(CNS(=O)(=O)c3cccc(C(=O)O)c3)o2)c1. The molecule has 0 spiro atoms. The lowest BCUT2D eigenvalue weighted by atomic mass is 10.2. The number of nitrogens with one attached hydrogen (secondary N) is 1. The normalized spacial score (nSPS) is 11.3. The summed E-state index contributed by atoms with van der Waals surface area (Å²) in [7, 11) is -2.41. The number of carbonyl (C=O) groups is 1. The van der Waals surface area contributed by atoms with E-state index in [-0.39, 0.29) is 28.8 Å². The van der Waals surface area contributed by atoms with Gasteiger partial charge in [-0.25, -0.2) is 17.9 Å². The number of aromatic nitrogens is 2. The number of hydrogen-bond donors (Lipinski definition) is 2. The monoisotopic (exact) mass is 389 g/mol. The Morgan fingerprint density at radius 1 is 1.19 bits per heavy atom. The van der Waals surface area contributed by atoms with Crippen molar-refractivity contribution >= 4 is 16.0 Å². The third-order valence-corrected chi connectivity index (χ3v) is 4.99. The second kappa shape index (κ2) is 7.56. The number of hydrogen-bond acceptors (Lipinski definition) is 7. The molecule has 0 radical (unpaired) electrons. The predicted octanol–water partition coefficient (Wildman–Crippen LogP) is 1.92. The van der Waals surface area contributed by atoms with Crippen molar-refractivity contribution in [3.8, 4) is 17.2 Å². The Balaban J connectivity index is 1.74. The van der Waals surface area contributed by atoms with E-state index in [0.717, 1.165) is 6.07 Å². The van der Waals surface area contributed by atoms with E-state index in [9.17, 15) is 13.2 Å². The molecule has 0 bridgehead atoms. The first kappa shape index (κ1) is 18.5. The van der Waals surface area contributed by atoms with Gasteiger partial charge in [-0.1, -0.05) is 12.1 Å². The predicted molar refractivity (Wildman–Crippen MR) is 93.7 cm³/mol. The maximum atomic E-state index is 12.3. The number of nitrogens with zero attached hydrogens (tertiary/aromatic N) is 2. The Morgan fingerprint density at radius 2 is 1.96 bits per heavy atom. The highest BCUT2D eigenvalue weighted by molar-refractivity contribution is 7.89. The van der Waals surface area contributed by atoms with Gasteiger partial charge in [0.1, 0.15) is 5.75 Å². The van der Waals surface area contributed by atoms with E-state index >= 15 is 0 Å². The topological polar surface area (TPSA) is 132 Å². The summed E-state index contributed by atoms with van der Waals surface area (Å²) in [5, 5.41) is 16.7. The zero-order valence-corrected chi connectivity index (χ0v) is 14.9. The van der Waals surface area contributed by atoms with Gasteiger partial charge < -0.3 is 14.3 Å². The lowest BCUT2D eigenvalue weighted by Crippen LogP contribution is -2.23. The first-order valence-corrected chi connectivity index (χ1v) is 9.17. The molecule has 2 N–H and O–H groups in total. The van der Waals surface area contributed by atoms with Crippen LogP contribution in [0, 0.1) is 0 Å². The zero-order chi connectivity index (χ0) is 19.4. The summed E-state index contributed by atoms with van der Waals surface area (Å²) in [6, 6.07) is 12.0. The van der Waals surface area contributed by atoms with Crippen LogP contribution < -0.4 is 9.46 Å². The van der Waals surface area contributed by atoms with Crippen LogP contribution in [0.2, 0.25) is 0 Å². The van der Waals surface area contributed by atoms with Gasteiger partial charge in [0.2, 0.25) is 21.8 Å². The molecule has 10 heteroatoms. The summed E-state index contributed by atoms with van der Waals surface area (Å²) in [6.45, 7) is -0.239. The average Bonchev–Trinajstić information content (AvgIpc) is 3.16. The molecule has 3 aromatic rings. The Hall–Kier alpha value is -3.24. The van der Waals surface area contributed by atoms with E-state index in [4.69, 9.17) is 14.3 Å². The summed E-state index contributed by atoms with van der Waals surface area (Å²) < 4.78 is 37.6. The lowest BCUT2D eigenvalue weighted by Gasteiger charge is -2.05. The molecule has 0 atom stereocenters. The number of ether oxygens (including phenoxy) is 1. The van der Waals surface area contributed by atoms with Crippen molar-refractivity contribution in [1.29, 1.82) is 0 Å². The van der Waals surface area contributed by atoms with Gasteiger partial charge in [-0.15, -0.1) is 10.2 Å². The molecule has 140 valence electrons. The number of rotatable bonds is 7. The maximum absolute atomic E-state index is 12.3. The van der Waals surface area contributed by atoms with Gasteiger partial charge in [0, 0.05) is 5.56 Å². The molecule has 1 heterocycles. The van der Waals surface area contributed by atoms with E-state index in [1.807, 2.05) is 0 Å². The Bertz CT molecular complexity index is 1080. The molecule has 0 aliphatic carbocycles. The van der Waals surface area contributed by atoms with Crippen LogP contribution in [0.15, 0.2) is 57.8 Å². The maximum Gasteiger partial charge on any atom is 0.335 e. The number of carboxylic acid groups (broad SMARTS) is 1. The van der Waals surface area contributed by atoms with Crippen molar-refractivity contribution in [2.24, 2.45) is 0 Å². The van der Waals surface area contributed by atoms with Crippen LogP contribution >= 0.6 is 0 Å². The van der Waals surface area contributed by atoms with Gasteiger partial charge in [0.15, 0.2) is 0 Å². The summed E-state index contributed by atoms with van der Waals surface area (Å²) >= 11 is 0. The second-order valence-electron chi connectivity index (χ2n) is 5.39. The smallest absolute Gasteiger partial charge is 0.335 e. The van der Waals surface area contributed by atoms with Crippen molar-refractivity contribution in [3.63, 3.8) is 0 Å². The summed E-state index contributed by atoms with van der Waals surface area (Å²) in [5.74, 6) is -0.320. The Morgan fingerprint density at radius 3 is 2.70 bits per heavy atom. The summed E-state index contributed by atoms with van der Waals surface area (Å²) in [6.07, 6.45) is 0. The highest BCUT2D eigenvalue weighted by Gasteiger charge is 2.18. The third-order valence-electron chi connectivity index (χ3n) is 3.59. The van der Waals surface area contributed by atoms with Crippen LogP contribution in [0.25, 0.3) is 11.5 Å². The molecule has 3 rings (SSSR count). The highest BCUT2D eigenvalue weighted by Crippen LogP contribution is 2.22. The van der Waals surface area contributed by atoms with Crippen molar-refractivity contribution in [3.05, 3.63) is 60.0 Å². The minimum Gasteiger partial charge on any atom is -0.497 e. The molecule has 0 aliphatic rings. The van der Waals surface area contributed by atoms with E-state index < -0.39 is 16.0 Å².